The Balaban J connectivity index is 2.33. The first kappa shape index (κ1) is 22.8. The minimum atomic E-state index is 0.427. The number of hydrogen-bond acceptors (Lipinski definition) is 0. The van der Waals surface area contributed by atoms with E-state index in [1.165, 1.54) is 33.6 Å². The molecule has 3 heteroatoms. The molecule has 0 aliphatic heterocycles. The van der Waals surface area contributed by atoms with Gasteiger partial charge in [0.05, 0.1) is 0 Å². The van der Waals surface area contributed by atoms with E-state index in [1.54, 1.807) is 0 Å². The van der Waals surface area contributed by atoms with Crippen molar-refractivity contribution in [1.29, 1.82) is 0 Å². The Morgan fingerprint density at radius 2 is 0.800 bits per heavy atom. The monoisotopic (exact) mass is 451 g/mol. The molecule has 165 valence electrons. The molecule has 1 heterocycles. The average Bonchev–Trinajstić information content (AvgIpc) is 3.07. The first-order valence-electron chi connectivity index (χ1n) is 11.2. The van der Waals surface area contributed by atoms with Gasteiger partial charge in [-0.15, -0.1) is 0 Å². The summed E-state index contributed by atoms with van der Waals surface area (Å²) in [5, 5.41) is 0. The molecular weight excluding hydrogens is 416 g/mol. The summed E-state index contributed by atoms with van der Waals surface area (Å²) in [6, 6.07) is 13.3. The summed E-state index contributed by atoms with van der Waals surface area (Å²) >= 11 is 6.29. The zero-order chi connectivity index (χ0) is 22.2. The van der Waals surface area contributed by atoms with Crippen LogP contribution >= 0.6 is 0 Å². The van der Waals surface area contributed by atoms with Crippen LogP contribution in [0.4, 0.5) is 0 Å². The summed E-state index contributed by atoms with van der Waals surface area (Å²) in [7, 11) is 0. The molecule has 1 aromatic heterocycles. The summed E-state index contributed by atoms with van der Waals surface area (Å²) in [5.41, 5.74) is 7.85. The summed E-state index contributed by atoms with van der Waals surface area (Å²) in [4.78, 5) is 0. The quantitative estimate of drug-likeness (QED) is 0.338. The van der Waals surface area contributed by atoms with Crippen molar-refractivity contribution >= 4 is 0 Å². The third-order valence-electron chi connectivity index (χ3n) is 5.89. The predicted molar refractivity (Wildman–Crippen MR) is 125 cm³/mol. The fraction of sp³-hybridized carbons (Fsp3) is 0.444. The molecule has 0 saturated carbocycles. The van der Waals surface area contributed by atoms with Crippen LogP contribution in [0.3, 0.4) is 0 Å². The fourth-order valence-corrected chi connectivity index (χ4v) is 4.61. The molecule has 0 bridgehead atoms. The minimum absolute atomic E-state index is 0.427. The van der Waals surface area contributed by atoms with Crippen molar-refractivity contribution in [1.82, 2.24) is 9.13 Å². The molecular formula is C27H36CuN2. The van der Waals surface area contributed by atoms with Crippen LogP contribution in [0.2, 0.25) is 0 Å². The Bertz CT molecular complexity index is 944. The second-order valence-electron chi connectivity index (χ2n) is 9.46. The van der Waals surface area contributed by atoms with E-state index in [4.69, 9.17) is 15.6 Å². The van der Waals surface area contributed by atoms with Crippen LogP contribution in [0.1, 0.15) is 101 Å². The van der Waals surface area contributed by atoms with Crippen LogP contribution < -0.4 is 0 Å². The molecule has 30 heavy (non-hydrogen) atoms. The van der Waals surface area contributed by atoms with Crippen molar-refractivity contribution in [3.8, 4) is 11.4 Å². The Morgan fingerprint density at radius 3 is 1.03 bits per heavy atom. The van der Waals surface area contributed by atoms with Crippen molar-refractivity contribution in [2.24, 2.45) is 0 Å². The van der Waals surface area contributed by atoms with Gasteiger partial charge in [0.25, 0.3) is 0 Å². The number of imidazole rings is 1. The van der Waals surface area contributed by atoms with Gasteiger partial charge in [-0.2, -0.15) is 0 Å². The third-order valence-corrected chi connectivity index (χ3v) is 6.35. The molecule has 0 fully saturated rings. The second kappa shape index (κ2) is 9.12. The van der Waals surface area contributed by atoms with Crippen molar-refractivity contribution in [3.63, 3.8) is 0 Å². The van der Waals surface area contributed by atoms with Crippen LogP contribution in [0, 0.1) is 4.32 Å². The van der Waals surface area contributed by atoms with Gasteiger partial charge in [-0.1, -0.05) is 0 Å². The molecule has 0 atom stereocenters. The number of nitrogens with zero attached hydrogens (tertiary/aromatic N) is 2. The molecule has 0 amide bonds. The maximum atomic E-state index is 6.29. The van der Waals surface area contributed by atoms with Crippen LogP contribution in [0.5, 0.6) is 0 Å². The van der Waals surface area contributed by atoms with E-state index in [9.17, 15) is 0 Å². The van der Waals surface area contributed by atoms with Gasteiger partial charge < -0.3 is 0 Å². The Kier molecular flexibility index (Phi) is 6.94. The van der Waals surface area contributed by atoms with Gasteiger partial charge >= 0.3 is 191 Å². The van der Waals surface area contributed by atoms with Gasteiger partial charge in [-0.3, -0.25) is 0 Å². The van der Waals surface area contributed by atoms with Gasteiger partial charge in [0.1, 0.15) is 0 Å². The first-order valence-corrected chi connectivity index (χ1v) is 11.6. The van der Waals surface area contributed by atoms with Gasteiger partial charge in [-0.05, 0) is 0 Å². The summed E-state index contributed by atoms with van der Waals surface area (Å²) in [6.07, 6.45) is 4.29. The maximum absolute atomic E-state index is 6.29. The molecule has 2 aromatic carbocycles. The van der Waals surface area contributed by atoms with Crippen LogP contribution in [-0.4, -0.2) is 9.13 Å². The number of para-hydroxylation sites is 2. The SMILES string of the molecule is CC(C)c1cccc(C(C)C)c1-n1ccn(-c2c(C(C)C)cccc2C(C)C)[c]1=[Cu]. The number of aromatic nitrogens is 2. The van der Waals surface area contributed by atoms with Gasteiger partial charge in [0, 0.05) is 0 Å². The fourth-order valence-electron chi connectivity index (χ4n) is 4.26. The van der Waals surface area contributed by atoms with Crippen LogP contribution in [-0.2, 0) is 15.6 Å². The molecule has 0 radical (unpaired) electrons. The number of rotatable bonds is 6. The molecule has 0 aliphatic carbocycles. The first-order chi connectivity index (χ1) is 14.1. The van der Waals surface area contributed by atoms with Gasteiger partial charge in [0.2, 0.25) is 0 Å². The van der Waals surface area contributed by atoms with Crippen molar-refractivity contribution < 1.29 is 15.6 Å². The van der Waals surface area contributed by atoms with Crippen molar-refractivity contribution in [2.75, 3.05) is 0 Å². The van der Waals surface area contributed by atoms with E-state index < -0.39 is 0 Å². The van der Waals surface area contributed by atoms with Crippen LogP contribution in [0.15, 0.2) is 48.8 Å². The topological polar surface area (TPSA) is 9.86 Å². The standard InChI is InChI=1S/C27H36N2.Cu/c1-18(2)22-11-9-12-23(19(3)4)26(22)28-15-16-29(17-28)27-24(20(5)6)13-10-14-25(27)21(7)8;/h9-16,18-21H,1-8H3;. The van der Waals surface area contributed by atoms with E-state index in [-0.39, 0.29) is 0 Å². The van der Waals surface area contributed by atoms with Crippen LogP contribution in [0.25, 0.3) is 11.4 Å². The molecule has 3 rings (SSSR count). The second-order valence-corrected chi connectivity index (χ2v) is 9.88. The molecule has 0 aliphatic rings. The Labute approximate surface area is 190 Å². The van der Waals surface area contributed by atoms with Crippen molar-refractivity contribution in [2.45, 2.75) is 79.1 Å². The molecule has 0 unspecified atom stereocenters. The van der Waals surface area contributed by atoms with E-state index in [2.05, 4.69) is 113 Å². The molecule has 3 aromatic rings. The van der Waals surface area contributed by atoms with E-state index in [1.807, 2.05) is 0 Å². The summed E-state index contributed by atoms with van der Waals surface area (Å²) in [5.74, 6) is 1.71. The predicted octanol–water partition coefficient (Wildman–Crippen LogP) is 7.84. The van der Waals surface area contributed by atoms with Gasteiger partial charge in [0.15, 0.2) is 0 Å². The number of hydrogen-bond donors (Lipinski definition) is 0. The van der Waals surface area contributed by atoms with Gasteiger partial charge in [-0.25, -0.2) is 0 Å². The zero-order valence-electron chi connectivity index (χ0n) is 19.6. The summed E-state index contributed by atoms with van der Waals surface area (Å²) < 4.78 is 5.24. The average molecular weight is 452 g/mol. The summed E-state index contributed by atoms with van der Waals surface area (Å²) in [6.45, 7) is 18.1. The number of benzene rings is 2. The van der Waals surface area contributed by atoms with E-state index in [0.717, 1.165) is 4.32 Å². The zero-order valence-corrected chi connectivity index (χ0v) is 20.6. The third kappa shape index (κ3) is 4.15. The molecule has 2 nitrogen and oxygen atoms in total. The van der Waals surface area contributed by atoms with E-state index >= 15 is 0 Å². The molecule has 0 spiro atoms. The normalized spacial score (nSPS) is 12.1. The van der Waals surface area contributed by atoms with Crippen molar-refractivity contribution in [3.05, 3.63) is 75.4 Å². The Hall–Kier alpha value is -1.83. The molecule has 0 N–H and O–H groups in total. The Morgan fingerprint density at radius 1 is 0.533 bits per heavy atom. The van der Waals surface area contributed by atoms with E-state index in [0.29, 0.717) is 23.7 Å². The molecule has 0 saturated heterocycles.